The molecule has 1 N–H and O–H groups in total. The summed E-state index contributed by atoms with van der Waals surface area (Å²) in [5, 5.41) is 9.55. The van der Waals surface area contributed by atoms with E-state index in [-0.39, 0.29) is 10.9 Å². The van der Waals surface area contributed by atoms with E-state index >= 15 is 0 Å². The normalized spacial score (nSPS) is 21.8. The molecule has 1 aliphatic heterocycles. The number of nitrogens with zero attached hydrogens (tertiary/aromatic N) is 1. The zero-order valence-electron chi connectivity index (χ0n) is 11.1. The molecule has 0 bridgehead atoms. The summed E-state index contributed by atoms with van der Waals surface area (Å²) in [6.07, 6.45) is 0.235. The quantitative estimate of drug-likeness (QED) is 0.922. The van der Waals surface area contributed by atoms with Crippen LogP contribution in [-0.2, 0) is 10.0 Å². The molecule has 1 aromatic carbocycles. The lowest BCUT2D eigenvalue weighted by Crippen LogP contribution is -2.37. The molecule has 0 spiro atoms. The zero-order valence-corrected chi connectivity index (χ0v) is 12.7. The molecule has 6 heteroatoms. The maximum atomic E-state index is 12.5. The summed E-state index contributed by atoms with van der Waals surface area (Å²) < 4.78 is 26.5. The van der Waals surface area contributed by atoms with Gasteiger partial charge < -0.3 is 5.11 Å². The van der Waals surface area contributed by atoms with Crippen molar-refractivity contribution in [3.8, 4) is 0 Å². The molecule has 1 fully saturated rings. The van der Waals surface area contributed by atoms with Gasteiger partial charge in [-0.15, -0.1) is 0 Å². The molecule has 0 saturated carbocycles. The van der Waals surface area contributed by atoms with Gasteiger partial charge in [0.15, 0.2) is 0 Å². The van der Waals surface area contributed by atoms with Gasteiger partial charge in [0.25, 0.3) is 0 Å². The van der Waals surface area contributed by atoms with Crippen LogP contribution in [0.15, 0.2) is 29.2 Å². The molecule has 2 rings (SSSR count). The van der Waals surface area contributed by atoms with Crippen molar-refractivity contribution in [3.05, 3.63) is 29.8 Å². The number of hydrogen-bond donors (Lipinski definition) is 1. The van der Waals surface area contributed by atoms with Crippen LogP contribution < -0.4 is 0 Å². The highest BCUT2D eigenvalue weighted by atomic mass is 32.2. The van der Waals surface area contributed by atoms with Crippen molar-refractivity contribution < 1.29 is 13.5 Å². The van der Waals surface area contributed by atoms with Crippen molar-refractivity contribution >= 4 is 21.8 Å². The van der Waals surface area contributed by atoms with E-state index in [0.717, 1.165) is 17.9 Å². The van der Waals surface area contributed by atoms with E-state index in [2.05, 4.69) is 0 Å². The van der Waals surface area contributed by atoms with E-state index in [0.29, 0.717) is 5.56 Å². The predicted molar refractivity (Wildman–Crippen MR) is 77.8 cm³/mol. The second-order valence-corrected chi connectivity index (χ2v) is 7.93. The molecule has 2 unspecified atom stereocenters. The van der Waals surface area contributed by atoms with E-state index in [4.69, 9.17) is 0 Å². The fourth-order valence-corrected chi connectivity index (χ4v) is 4.91. The minimum atomic E-state index is -3.47. The number of rotatable bonds is 4. The van der Waals surface area contributed by atoms with Gasteiger partial charge in [0.1, 0.15) is 0 Å². The molecule has 106 valence electrons. The standard InChI is InChI=1S/C13H19NO3S2/c1-10(15)11-4-3-5-13(8-11)19(16,17)14(2)12-6-7-18-9-12/h3-5,8,10,12,15H,6-7,9H2,1-2H3. The van der Waals surface area contributed by atoms with Gasteiger partial charge in [-0.1, -0.05) is 12.1 Å². The van der Waals surface area contributed by atoms with Crippen LogP contribution in [0.2, 0.25) is 0 Å². The maximum Gasteiger partial charge on any atom is 0.243 e. The van der Waals surface area contributed by atoms with E-state index < -0.39 is 16.1 Å². The number of sulfonamides is 1. The molecular weight excluding hydrogens is 282 g/mol. The lowest BCUT2D eigenvalue weighted by atomic mass is 10.1. The summed E-state index contributed by atoms with van der Waals surface area (Å²) in [4.78, 5) is 0.255. The highest BCUT2D eigenvalue weighted by Gasteiger charge is 2.30. The van der Waals surface area contributed by atoms with Crippen LogP contribution in [0.1, 0.15) is 25.0 Å². The van der Waals surface area contributed by atoms with Crippen LogP contribution in [-0.4, -0.2) is 42.4 Å². The van der Waals surface area contributed by atoms with Crippen molar-refractivity contribution in [2.75, 3.05) is 18.6 Å². The van der Waals surface area contributed by atoms with Gasteiger partial charge in [-0.3, -0.25) is 0 Å². The van der Waals surface area contributed by atoms with Crippen LogP contribution in [0, 0.1) is 0 Å². The largest absolute Gasteiger partial charge is 0.389 e. The van der Waals surface area contributed by atoms with Crippen LogP contribution in [0.4, 0.5) is 0 Å². The summed E-state index contributed by atoms with van der Waals surface area (Å²) in [5.74, 6) is 1.87. The van der Waals surface area contributed by atoms with Crippen molar-refractivity contribution in [2.45, 2.75) is 30.4 Å². The van der Waals surface area contributed by atoms with Crippen molar-refractivity contribution in [3.63, 3.8) is 0 Å². The van der Waals surface area contributed by atoms with Crippen molar-refractivity contribution in [2.24, 2.45) is 0 Å². The molecule has 1 aliphatic rings. The van der Waals surface area contributed by atoms with Gasteiger partial charge in [0, 0.05) is 18.8 Å². The Bertz CT molecular complexity index is 537. The minimum absolute atomic E-state index is 0.0743. The predicted octanol–water partition coefficient (Wildman–Crippen LogP) is 1.87. The second kappa shape index (κ2) is 5.83. The molecule has 2 atom stereocenters. The van der Waals surface area contributed by atoms with Crippen LogP contribution in [0.3, 0.4) is 0 Å². The van der Waals surface area contributed by atoms with Gasteiger partial charge in [0.05, 0.1) is 11.0 Å². The van der Waals surface area contributed by atoms with Gasteiger partial charge in [0.2, 0.25) is 10.0 Å². The summed E-state index contributed by atoms with van der Waals surface area (Å²) in [6, 6.07) is 6.62. The van der Waals surface area contributed by atoms with Gasteiger partial charge in [-0.25, -0.2) is 8.42 Å². The van der Waals surface area contributed by atoms with Crippen LogP contribution in [0.5, 0.6) is 0 Å². The number of thioether (sulfide) groups is 1. The van der Waals surface area contributed by atoms with Crippen LogP contribution in [0.25, 0.3) is 0 Å². The first-order chi connectivity index (χ1) is 8.93. The topological polar surface area (TPSA) is 57.6 Å². The first kappa shape index (κ1) is 14.8. The first-order valence-corrected chi connectivity index (χ1v) is 8.86. The fraction of sp³-hybridized carbons (Fsp3) is 0.538. The number of benzene rings is 1. The van der Waals surface area contributed by atoms with Crippen molar-refractivity contribution in [1.82, 2.24) is 4.31 Å². The van der Waals surface area contributed by atoms with Crippen LogP contribution >= 0.6 is 11.8 Å². The Hall–Kier alpha value is -0.560. The van der Waals surface area contributed by atoms with E-state index in [1.54, 1.807) is 50.0 Å². The molecule has 1 heterocycles. The third kappa shape index (κ3) is 3.13. The molecule has 0 aliphatic carbocycles. The minimum Gasteiger partial charge on any atom is -0.389 e. The molecule has 1 saturated heterocycles. The number of aliphatic hydroxyl groups excluding tert-OH is 1. The molecule has 0 radical (unpaired) electrons. The lowest BCUT2D eigenvalue weighted by Gasteiger charge is -2.23. The fourth-order valence-electron chi connectivity index (χ4n) is 2.11. The highest BCUT2D eigenvalue weighted by molar-refractivity contribution is 7.99. The Morgan fingerprint density at radius 3 is 2.79 bits per heavy atom. The number of aliphatic hydroxyl groups is 1. The Kier molecular flexibility index (Phi) is 4.55. The van der Waals surface area contributed by atoms with Gasteiger partial charge in [-0.05, 0) is 36.8 Å². The van der Waals surface area contributed by atoms with Gasteiger partial charge in [-0.2, -0.15) is 16.1 Å². The Morgan fingerprint density at radius 2 is 2.21 bits per heavy atom. The molecule has 19 heavy (non-hydrogen) atoms. The SMILES string of the molecule is CC(O)c1cccc(S(=O)(=O)N(C)C2CCSC2)c1. The highest BCUT2D eigenvalue weighted by Crippen LogP contribution is 2.27. The maximum absolute atomic E-state index is 12.5. The molecule has 0 aromatic heterocycles. The first-order valence-electron chi connectivity index (χ1n) is 6.26. The molecule has 0 amide bonds. The smallest absolute Gasteiger partial charge is 0.243 e. The summed E-state index contributed by atoms with van der Waals surface area (Å²) in [5.41, 5.74) is 0.621. The van der Waals surface area contributed by atoms with E-state index in [9.17, 15) is 13.5 Å². The monoisotopic (exact) mass is 301 g/mol. The summed E-state index contributed by atoms with van der Waals surface area (Å²) in [7, 11) is -1.83. The summed E-state index contributed by atoms with van der Waals surface area (Å²) >= 11 is 1.78. The average Bonchev–Trinajstić information content (AvgIpc) is 2.91. The van der Waals surface area contributed by atoms with Crippen molar-refractivity contribution in [1.29, 1.82) is 0 Å². The molecule has 1 aromatic rings. The second-order valence-electron chi connectivity index (χ2n) is 4.79. The third-order valence-electron chi connectivity index (χ3n) is 3.44. The molecule has 4 nitrogen and oxygen atoms in total. The lowest BCUT2D eigenvalue weighted by molar-refractivity contribution is 0.199. The summed E-state index contributed by atoms with van der Waals surface area (Å²) in [6.45, 7) is 1.63. The Morgan fingerprint density at radius 1 is 1.47 bits per heavy atom. The number of hydrogen-bond acceptors (Lipinski definition) is 4. The average molecular weight is 301 g/mol. The van der Waals surface area contributed by atoms with E-state index in [1.807, 2.05) is 0 Å². The zero-order chi connectivity index (χ0) is 14.0. The third-order valence-corrected chi connectivity index (χ3v) is 6.49. The Labute approximate surface area is 118 Å². The Balaban J connectivity index is 2.30. The molecular formula is C13H19NO3S2. The van der Waals surface area contributed by atoms with Gasteiger partial charge >= 0.3 is 0 Å². The van der Waals surface area contributed by atoms with E-state index in [1.165, 1.54) is 4.31 Å².